The number of hydrogen-bond donors (Lipinski definition) is 1. The molecule has 0 unspecified atom stereocenters. The van der Waals surface area contributed by atoms with Gasteiger partial charge in [0.25, 0.3) is 5.91 Å². The number of carbonyl (C=O) groups excluding carboxylic acids is 2. The van der Waals surface area contributed by atoms with Crippen molar-refractivity contribution in [3.05, 3.63) is 138 Å². The first kappa shape index (κ1) is 23.2. The predicted octanol–water partition coefficient (Wildman–Crippen LogP) is 5.56. The molecular formula is C31H25NO4. The van der Waals surface area contributed by atoms with E-state index in [2.05, 4.69) is 0 Å². The second-order valence-electron chi connectivity index (χ2n) is 9.08. The number of aliphatic carboxylic acids is 1. The number of rotatable bonds is 6. The summed E-state index contributed by atoms with van der Waals surface area (Å²) in [5.74, 6) is -3.99. The number of ketones is 1. The van der Waals surface area contributed by atoms with Gasteiger partial charge in [0.05, 0.1) is 6.04 Å². The van der Waals surface area contributed by atoms with Crippen LogP contribution < -0.4 is 4.90 Å². The topological polar surface area (TPSA) is 74.7 Å². The Balaban J connectivity index is 1.86. The molecule has 1 heterocycles. The van der Waals surface area contributed by atoms with E-state index in [1.807, 2.05) is 85.8 Å². The van der Waals surface area contributed by atoms with Crippen LogP contribution in [0.3, 0.4) is 0 Å². The van der Waals surface area contributed by atoms with Crippen molar-refractivity contribution in [2.24, 2.45) is 5.41 Å². The van der Waals surface area contributed by atoms with E-state index in [-0.39, 0.29) is 0 Å². The molecule has 4 aromatic rings. The molecule has 2 atom stereocenters. The SMILES string of the molecule is Cc1ccc(N2C(=O)C(=O)[C@](C(=O)O)(C(c3ccccc3)c3ccccc3)[C@H]2c2ccccc2)cc1. The molecule has 0 saturated carbocycles. The number of anilines is 1. The van der Waals surface area contributed by atoms with E-state index >= 15 is 0 Å². The summed E-state index contributed by atoms with van der Waals surface area (Å²) in [6.07, 6.45) is 0. The first-order chi connectivity index (χ1) is 17.5. The number of amides is 1. The molecule has 5 nitrogen and oxygen atoms in total. The van der Waals surface area contributed by atoms with Crippen LogP contribution >= 0.6 is 0 Å². The molecule has 1 saturated heterocycles. The van der Waals surface area contributed by atoms with Crippen molar-refractivity contribution in [2.45, 2.75) is 18.9 Å². The average Bonchev–Trinajstić information content (AvgIpc) is 3.14. The van der Waals surface area contributed by atoms with Crippen LogP contribution in [0.5, 0.6) is 0 Å². The highest BCUT2D eigenvalue weighted by Gasteiger charge is 2.69. The summed E-state index contributed by atoms with van der Waals surface area (Å²) in [7, 11) is 0. The van der Waals surface area contributed by atoms with Crippen molar-refractivity contribution in [1.82, 2.24) is 0 Å². The zero-order valence-corrected chi connectivity index (χ0v) is 19.7. The molecule has 1 aliphatic heterocycles. The summed E-state index contributed by atoms with van der Waals surface area (Å²) in [5.41, 5.74) is 1.25. The van der Waals surface area contributed by atoms with Crippen molar-refractivity contribution in [3.8, 4) is 0 Å². The Kier molecular flexibility index (Phi) is 5.98. The zero-order valence-electron chi connectivity index (χ0n) is 19.7. The number of Topliss-reactive ketones (excluding diaryl/α,β-unsaturated/α-hetero) is 1. The van der Waals surface area contributed by atoms with Gasteiger partial charge in [-0.1, -0.05) is 109 Å². The summed E-state index contributed by atoms with van der Waals surface area (Å²) in [5, 5.41) is 11.0. The molecule has 178 valence electrons. The van der Waals surface area contributed by atoms with E-state index in [4.69, 9.17) is 0 Å². The highest BCUT2D eigenvalue weighted by molar-refractivity contribution is 6.49. The summed E-state index contributed by atoms with van der Waals surface area (Å²) in [4.78, 5) is 42.7. The number of benzene rings is 4. The lowest BCUT2D eigenvalue weighted by atomic mass is 9.62. The second kappa shape index (κ2) is 9.27. The van der Waals surface area contributed by atoms with Crippen LogP contribution in [-0.2, 0) is 14.4 Å². The predicted molar refractivity (Wildman–Crippen MR) is 138 cm³/mol. The maximum absolute atomic E-state index is 14.1. The van der Waals surface area contributed by atoms with Gasteiger partial charge in [-0.2, -0.15) is 0 Å². The van der Waals surface area contributed by atoms with Gasteiger partial charge in [-0.25, -0.2) is 0 Å². The number of carboxylic acids is 1. The van der Waals surface area contributed by atoms with E-state index in [0.29, 0.717) is 22.4 Å². The van der Waals surface area contributed by atoms with Crippen LogP contribution in [0.2, 0.25) is 0 Å². The quantitative estimate of drug-likeness (QED) is 0.293. The summed E-state index contributed by atoms with van der Waals surface area (Å²) in [6.45, 7) is 1.93. The van der Waals surface area contributed by atoms with Crippen molar-refractivity contribution in [1.29, 1.82) is 0 Å². The van der Waals surface area contributed by atoms with Crippen LogP contribution in [-0.4, -0.2) is 22.8 Å². The average molecular weight is 476 g/mol. The summed E-state index contributed by atoms with van der Waals surface area (Å²) < 4.78 is 0. The molecule has 0 aliphatic carbocycles. The van der Waals surface area contributed by atoms with Gasteiger partial charge in [0.2, 0.25) is 5.78 Å². The lowest BCUT2D eigenvalue weighted by molar-refractivity contribution is -0.157. The van der Waals surface area contributed by atoms with Gasteiger partial charge in [-0.3, -0.25) is 19.3 Å². The molecule has 0 spiro atoms. The van der Waals surface area contributed by atoms with Crippen LogP contribution in [0, 0.1) is 12.3 Å². The number of carbonyl (C=O) groups is 3. The van der Waals surface area contributed by atoms with E-state index in [1.165, 1.54) is 4.90 Å². The van der Waals surface area contributed by atoms with E-state index in [9.17, 15) is 19.5 Å². The van der Waals surface area contributed by atoms with Crippen LogP contribution in [0.25, 0.3) is 0 Å². The fourth-order valence-corrected chi connectivity index (χ4v) is 5.39. The third-order valence-electron chi connectivity index (χ3n) is 6.98. The molecule has 1 N–H and O–H groups in total. The van der Waals surface area contributed by atoms with Crippen LogP contribution in [0.4, 0.5) is 5.69 Å². The number of carboxylic acid groups (broad SMARTS) is 1. The second-order valence-corrected chi connectivity index (χ2v) is 9.08. The van der Waals surface area contributed by atoms with Crippen molar-refractivity contribution >= 4 is 23.3 Å². The zero-order chi connectivity index (χ0) is 25.3. The Morgan fingerprint density at radius 2 is 1.22 bits per heavy atom. The van der Waals surface area contributed by atoms with Crippen LogP contribution in [0.15, 0.2) is 115 Å². The Morgan fingerprint density at radius 3 is 1.69 bits per heavy atom. The summed E-state index contributed by atoms with van der Waals surface area (Å²) >= 11 is 0. The van der Waals surface area contributed by atoms with Crippen LogP contribution in [0.1, 0.15) is 34.2 Å². The lowest BCUT2D eigenvalue weighted by Crippen LogP contribution is -2.47. The van der Waals surface area contributed by atoms with Crippen molar-refractivity contribution in [3.63, 3.8) is 0 Å². The first-order valence-electron chi connectivity index (χ1n) is 11.8. The smallest absolute Gasteiger partial charge is 0.321 e. The molecule has 0 aromatic heterocycles. The molecule has 36 heavy (non-hydrogen) atoms. The van der Waals surface area contributed by atoms with Crippen molar-refractivity contribution in [2.75, 3.05) is 4.90 Å². The van der Waals surface area contributed by atoms with Gasteiger partial charge in [-0.15, -0.1) is 0 Å². The maximum atomic E-state index is 14.1. The minimum Gasteiger partial charge on any atom is -0.480 e. The first-order valence-corrected chi connectivity index (χ1v) is 11.8. The van der Waals surface area contributed by atoms with E-state index in [0.717, 1.165) is 5.56 Å². The molecule has 5 heteroatoms. The van der Waals surface area contributed by atoms with Gasteiger partial charge in [-0.05, 0) is 35.7 Å². The molecule has 4 aromatic carbocycles. The molecule has 1 aliphatic rings. The summed E-state index contributed by atoms with van der Waals surface area (Å²) in [6, 6.07) is 33.3. The number of aryl methyl sites for hydroxylation is 1. The van der Waals surface area contributed by atoms with Gasteiger partial charge in [0.1, 0.15) is 0 Å². The largest absolute Gasteiger partial charge is 0.480 e. The molecule has 0 radical (unpaired) electrons. The van der Waals surface area contributed by atoms with E-state index < -0.39 is 35.0 Å². The highest BCUT2D eigenvalue weighted by Crippen LogP contribution is 2.57. The molecule has 1 fully saturated rings. The van der Waals surface area contributed by atoms with Gasteiger partial charge in [0, 0.05) is 11.6 Å². The number of nitrogens with zero attached hydrogens (tertiary/aromatic N) is 1. The fourth-order valence-electron chi connectivity index (χ4n) is 5.39. The molecule has 0 bridgehead atoms. The Hall–Kier alpha value is -4.51. The number of hydrogen-bond acceptors (Lipinski definition) is 3. The monoisotopic (exact) mass is 475 g/mol. The third kappa shape index (κ3) is 3.60. The Bertz CT molecular complexity index is 1360. The minimum atomic E-state index is -2.11. The van der Waals surface area contributed by atoms with E-state index in [1.54, 1.807) is 36.4 Å². The normalized spacial score (nSPS) is 19.6. The van der Waals surface area contributed by atoms with Crippen molar-refractivity contribution < 1.29 is 19.5 Å². The molecular weight excluding hydrogens is 450 g/mol. The lowest BCUT2D eigenvalue weighted by Gasteiger charge is -2.39. The maximum Gasteiger partial charge on any atom is 0.321 e. The van der Waals surface area contributed by atoms with Gasteiger partial charge >= 0.3 is 5.97 Å². The minimum absolute atomic E-state index is 0.482. The molecule has 5 rings (SSSR count). The van der Waals surface area contributed by atoms with Gasteiger partial charge in [0.15, 0.2) is 5.41 Å². The fraction of sp³-hybridized carbons (Fsp3) is 0.129. The third-order valence-corrected chi connectivity index (χ3v) is 6.98. The standard InChI is InChI=1S/C31H25NO4/c1-21-17-19-25(20-18-21)32-27(24-15-9-4-10-16-24)31(30(35)36,28(33)29(32)34)26(22-11-5-2-6-12-22)23-13-7-3-8-14-23/h2-20,26-27H,1H3,(H,35,36)/t27-,31+/m1/s1. The van der Waals surface area contributed by atoms with Gasteiger partial charge < -0.3 is 5.11 Å². The Morgan fingerprint density at radius 1 is 0.750 bits per heavy atom. The highest BCUT2D eigenvalue weighted by atomic mass is 16.4. The molecule has 1 amide bonds. The Labute approximate surface area is 209 Å².